The van der Waals surface area contributed by atoms with Gasteiger partial charge in [-0.25, -0.2) is 0 Å². The molecule has 3 heteroatoms. The fourth-order valence-electron chi connectivity index (χ4n) is 4.64. The number of hydrogen-bond acceptors (Lipinski definition) is 2. The van der Waals surface area contributed by atoms with Crippen LogP contribution in [0, 0.1) is 17.8 Å². The molecule has 3 aliphatic rings. The molecule has 0 aromatic rings. The van der Waals surface area contributed by atoms with Crippen LogP contribution in [0.3, 0.4) is 0 Å². The van der Waals surface area contributed by atoms with E-state index in [1.54, 1.807) is 0 Å². The van der Waals surface area contributed by atoms with E-state index in [1.807, 2.05) is 0 Å². The predicted molar refractivity (Wildman–Crippen MR) is 81.4 cm³/mol. The largest absolute Gasteiger partial charge is 0.355 e. The molecule has 0 radical (unpaired) electrons. The van der Waals surface area contributed by atoms with Gasteiger partial charge in [-0.3, -0.25) is 4.79 Å². The Labute approximate surface area is 123 Å². The highest BCUT2D eigenvalue weighted by atomic mass is 16.1. The van der Waals surface area contributed by atoms with Crippen LogP contribution in [0.4, 0.5) is 0 Å². The van der Waals surface area contributed by atoms with Gasteiger partial charge in [-0.1, -0.05) is 32.1 Å². The third-order valence-electron chi connectivity index (χ3n) is 5.79. The van der Waals surface area contributed by atoms with Crippen LogP contribution in [-0.2, 0) is 4.79 Å². The number of nitrogens with one attached hydrogen (secondary N) is 2. The quantitative estimate of drug-likeness (QED) is 0.600. The highest BCUT2D eigenvalue weighted by Crippen LogP contribution is 2.48. The zero-order valence-corrected chi connectivity index (χ0v) is 12.7. The average Bonchev–Trinajstić information content (AvgIpc) is 3.00. The van der Waals surface area contributed by atoms with E-state index in [9.17, 15) is 4.79 Å². The molecule has 0 spiro atoms. The van der Waals surface area contributed by atoms with Crippen LogP contribution in [0.5, 0.6) is 0 Å². The second-order valence-corrected chi connectivity index (χ2v) is 7.21. The molecule has 114 valence electrons. The number of carbonyl (C=O) groups excluding carboxylic acids is 1. The molecule has 0 aromatic heterocycles. The molecule has 2 N–H and O–H groups in total. The van der Waals surface area contributed by atoms with Crippen molar-refractivity contribution in [1.29, 1.82) is 0 Å². The summed E-state index contributed by atoms with van der Waals surface area (Å²) in [7, 11) is 0. The first-order valence-electron chi connectivity index (χ1n) is 8.84. The minimum atomic E-state index is 0.333. The summed E-state index contributed by atoms with van der Waals surface area (Å²) in [4.78, 5) is 12.2. The van der Waals surface area contributed by atoms with Crippen LogP contribution < -0.4 is 10.6 Å². The Morgan fingerprint density at radius 1 is 0.900 bits per heavy atom. The van der Waals surface area contributed by atoms with Crippen molar-refractivity contribution in [2.75, 3.05) is 13.1 Å². The van der Waals surface area contributed by atoms with Gasteiger partial charge in [-0.15, -0.1) is 0 Å². The number of fused-ring (bicyclic) bond motifs is 2. The van der Waals surface area contributed by atoms with E-state index in [0.29, 0.717) is 23.8 Å². The van der Waals surface area contributed by atoms with E-state index in [0.717, 1.165) is 25.4 Å². The molecule has 3 nitrogen and oxygen atoms in total. The maximum atomic E-state index is 12.2. The van der Waals surface area contributed by atoms with Gasteiger partial charge in [-0.05, 0) is 43.9 Å². The van der Waals surface area contributed by atoms with Gasteiger partial charge in [0.2, 0.25) is 5.91 Å². The van der Waals surface area contributed by atoms with Crippen LogP contribution >= 0.6 is 0 Å². The Kier molecular flexibility index (Phi) is 4.98. The third kappa shape index (κ3) is 3.55. The van der Waals surface area contributed by atoms with Crippen LogP contribution in [0.2, 0.25) is 0 Å². The average molecular weight is 278 g/mol. The van der Waals surface area contributed by atoms with E-state index in [1.165, 1.54) is 57.8 Å². The maximum absolute atomic E-state index is 12.2. The van der Waals surface area contributed by atoms with Crippen molar-refractivity contribution >= 4 is 5.91 Å². The Hall–Kier alpha value is -0.570. The Morgan fingerprint density at radius 2 is 1.70 bits per heavy atom. The summed E-state index contributed by atoms with van der Waals surface area (Å²) in [5.74, 6) is 2.24. The van der Waals surface area contributed by atoms with Crippen molar-refractivity contribution in [1.82, 2.24) is 10.6 Å². The van der Waals surface area contributed by atoms with Crippen LogP contribution in [0.1, 0.15) is 64.2 Å². The smallest absolute Gasteiger partial charge is 0.223 e. The number of rotatable bonds is 5. The van der Waals surface area contributed by atoms with Gasteiger partial charge in [0.05, 0.1) is 0 Å². The summed E-state index contributed by atoms with van der Waals surface area (Å²) in [6.45, 7) is 1.75. The van der Waals surface area contributed by atoms with E-state index in [-0.39, 0.29) is 0 Å². The minimum Gasteiger partial charge on any atom is -0.355 e. The van der Waals surface area contributed by atoms with Crippen molar-refractivity contribution in [3.05, 3.63) is 0 Å². The van der Waals surface area contributed by atoms with Crippen LogP contribution in [-0.4, -0.2) is 25.0 Å². The molecule has 1 amide bonds. The number of amides is 1. The molecular weight excluding hydrogens is 248 g/mol. The molecule has 0 aliphatic heterocycles. The topological polar surface area (TPSA) is 41.1 Å². The molecule has 0 aromatic carbocycles. The number of hydrogen-bond donors (Lipinski definition) is 2. The highest BCUT2D eigenvalue weighted by molar-refractivity contribution is 5.79. The Bertz CT molecular complexity index is 323. The molecule has 20 heavy (non-hydrogen) atoms. The van der Waals surface area contributed by atoms with Gasteiger partial charge in [0.15, 0.2) is 0 Å². The zero-order valence-electron chi connectivity index (χ0n) is 12.7. The molecule has 3 saturated carbocycles. The van der Waals surface area contributed by atoms with Gasteiger partial charge in [0.1, 0.15) is 0 Å². The van der Waals surface area contributed by atoms with Gasteiger partial charge in [0, 0.05) is 25.0 Å². The lowest BCUT2D eigenvalue weighted by Gasteiger charge is -2.21. The molecule has 3 rings (SSSR count). The lowest BCUT2D eigenvalue weighted by molar-refractivity contribution is -0.126. The van der Waals surface area contributed by atoms with Crippen molar-refractivity contribution in [2.45, 2.75) is 70.3 Å². The van der Waals surface area contributed by atoms with Gasteiger partial charge in [-0.2, -0.15) is 0 Å². The van der Waals surface area contributed by atoms with Crippen molar-refractivity contribution in [3.8, 4) is 0 Å². The molecule has 0 saturated heterocycles. The van der Waals surface area contributed by atoms with Crippen molar-refractivity contribution < 1.29 is 4.79 Å². The van der Waals surface area contributed by atoms with Crippen LogP contribution in [0.15, 0.2) is 0 Å². The first-order chi connectivity index (χ1) is 9.83. The van der Waals surface area contributed by atoms with Gasteiger partial charge < -0.3 is 10.6 Å². The number of carbonyl (C=O) groups is 1. The summed E-state index contributed by atoms with van der Waals surface area (Å²) in [5.41, 5.74) is 0. The first-order valence-corrected chi connectivity index (χ1v) is 8.84. The molecule has 3 atom stereocenters. The third-order valence-corrected chi connectivity index (χ3v) is 5.79. The molecular formula is C17H30N2O. The lowest BCUT2D eigenvalue weighted by Crippen LogP contribution is -2.40. The molecule has 0 heterocycles. The van der Waals surface area contributed by atoms with Gasteiger partial charge >= 0.3 is 0 Å². The SMILES string of the molecule is O=C(NCCNC1CCCCCC1)C1CC2CCC1C2. The van der Waals surface area contributed by atoms with Crippen LogP contribution in [0.25, 0.3) is 0 Å². The highest BCUT2D eigenvalue weighted by Gasteiger charge is 2.42. The molecule has 2 bridgehead atoms. The lowest BCUT2D eigenvalue weighted by atomic mass is 9.88. The zero-order chi connectivity index (χ0) is 13.8. The normalized spacial score (nSPS) is 34.1. The molecule has 3 aliphatic carbocycles. The Morgan fingerprint density at radius 3 is 2.35 bits per heavy atom. The summed E-state index contributed by atoms with van der Waals surface area (Å²) < 4.78 is 0. The van der Waals surface area contributed by atoms with E-state index in [4.69, 9.17) is 0 Å². The fourth-order valence-corrected chi connectivity index (χ4v) is 4.64. The van der Waals surface area contributed by atoms with Crippen molar-refractivity contribution in [2.24, 2.45) is 17.8 Å². The monoisotopic (exact) mass is 278 g/mol. The summed E-state index contributed by atoms with van der Waals surface area (Å²) >= 11 is 0. The first kappa shape index (κ1) is 14.4. The molecule has 3 fully saturated rings. The summed E-state index contributed by atoms with van der Waals surface area (Å²) in [6, 6.07) is 0.692. The maximum Gasteiger partial charge on any atom is 0.223 e. The fraction of sp³-hybridized carbons (Fsp3) is 0.941. The Balaban J connectivity index is 1.30. The minimum absolute atomic E-state index is 0.333. The predicted octanol–water partition coefficient (Wildman–Crippen LogP) is 2.85. The van der Waals surface area contributed by atoms with E-state index in [2.05, 4.69) is 10.6 Å². The summed E-state index contributed by atoms with van der Waals surface area (Å²) in [5, 5.41) is 6.79. The second-order valence-electron chi connectivity index (χ2n) is 7.21. The standard InChI is InChI=1S/C17H30N2O/c20-17(16-12-13-7-8-14(16)11-13)19-10-9-18-15-5-3-1-2-4-6-15/h13-16,18H,1-12H2,(H,19,20). The second kappa shape index (κ2) is 6.93. The van der Waals surface area contributed by atoms with Gasteiger partial charge in [0.25, 0.3) is 0 Å². The summed E-state index contributed by atoms with van der Waals surface area (Å²) in [6.07, 6.45) is 13.3. The van der Waals surface area contributed by atoms with E-state index < -0.39 is 0 Å². The van der Waals surface area contributed by atoms with Crippen molar-refractivity contribution in [3.63, 3.8) is 0 Å². The molecule has 3 unspecified atom stereocenters. The van der Waals surface area contributed by atoms with E-state index >= 15 is 0 Å².